The highest BCUT2D eigenvalue weighted by atomic mass is 35.5. The Bertz CT molecular complexity index is 1290. The fourth-order valence-electron chi connectivity index (χ4n) is 2.38. The molecular formula is C24H35Cl2F5N6O3S2. The van der Waals surface area contributed by atoms with E-state index in [1.165, 1.54) is 36.8 Å². The Labute approximate surface area is 256 Å². The maximum absolute atomic E-state index is 12.7. The van der Waals surface area contributed by atoms with Gasteiger partial charge in [0.1, 0.15) is 11.4 Å². The molecule has 42 heavy (non-hydrogen) atoms. The van der Waals surface area contributed by atoms with Gasteiger partial charge >= 0.3 is 10.8 Å². The zero-order valence-electron chi connectivity index (χ0n) is 21.8. The van der Waals surface area contributed by atoms with E-state index in [0.29, 0.717) is 12.2 Å². The van der Waals surface area contributed by atoms with Gasteiger partial charge in [0.15, 0.2) is 0 Å². The van der Waals surface area contributed by atoms with E-state index in [0.717, 1.165) is 17.8 Å². The summed E-state index contributed by atoms with van der Waals surface area (Å²) in [6, 6.07) is 5.11. The van der Waals surface area contributed by atoms with E-state index < -0.39 is 47.8 Å². The fraction of sp³-hybridized carbons (Fsp3) is 0.500. The molecule has 0 fully saturated rings. The van der Waals surface area contributed by atoms with Crippen LogP contribution in [0.15, 0.2) is 45.4 Å². The molecule has 0 bridgehead atoms. The average molecular weight is 686 g/mol. The highest BCUT2D eigenvalue weighted by Gasteiger charge is 2.30. The van der Waals surface area contributed by atoms with Crippen LogP contribution >= 0.6 is 23.2 Å². The molecule has 2 heterocycles. The molecule has 2 rings (SSSR count). The molecular weight excluding hydrogens is 650 g/mol. The molecule has 240 valence electrons. The second kappa shape index (κ2) is 21.3. The van der Waals surface area contributed by atoms with E-state index in [-0.39, 0.29) is 24.8 Å². The van der Waals surface area contributed by atoms with Crippen molar-refractivity contribution < 1.29 is 36.6 Å². The van der Waals surface area contributed by atoms with E-state index in [4.69, 9.17) is 39.0 Å². The summed E-state index contributed by atoms with van der Waals surface area (Å²) in [7, 11) is -3.25. The SMILES string of the molecule is C.C.CC(c1ccc(C(F)(F)Cl)nc1)S(C)(=O)=NC#N.CC(c1ccc(C(F)(F)Cl)nc1)S(C)=NC#N.CCOO.F. The Balaban J connectivity index is -0.000000287. The summed E-state index contributed by atoms with van der Waals surface area (Å²) in [5.41, 5.74) is 0.133. The van der Waals surface area contributed by atoms with Crippen LogP contribution in [-0.4, -0.2) is 38.6 Å². The molecule has 9 nitrogen and oxygen atoms in total. The zero-order valence-corrected chi connectivity index (χ0v) is 24.9. The van der Waals surface area contributed by atoms with Crippen LogP contribution in [0.25, 0.3) is 0 Å². The van der Waals surface area contributed by atoms with E-state index in [9.17, 15) is 21.8 Å². The highest BCUT2D eigenvalue weighted by molar-refractivity contribution is 7.93. The molecule has 0 radical (unpaired) electrons. The van der Waals surface area contributed by atoms with Crippen LogP contribution in [0.2, 0.25) is 0 Å². The lowest BCUT2D eigenvalue weighted by molar-refractivity contribution is -0.237. The molecule has 0 amide bonds. The average Bonchev–Trinajstić information content (AvgIpc) is 2.87. The summed E-state index contributed by atoms with van der Waals surface area (Å²) in [4.78, 5) is 10.7. The van der Waals surface area contributed by atoms with Gasteiger partial charge in [0, 0.05) is 23.9 Å². The highest BCUT2D eigenvalue weighted by Crippen LogP contribution is 2.32. The monoisotopic (exact) mass is 684 g/mol. The maximum Gasteiger partial charge on any atom is 0.364 e. The quantitative estimate of drug-likeness (QED) is 0.102. The summed E-state index contributed by atoms with van der Waals surface area (Å²) >= 11 is 9.66. The van der Waals surface area contributed by atoms with Gasteiger partial charge in [-0.1, -0.05) is 37.7 Å². The third-order valence-corrected chi connectivity index (χ3v) is 8.88. The van der Waals surface area contributed by atoms with Crippen LogP contribution in [0.4, 0.5) is 22.3 Å². The zero-order chi connectivity index (χ0) is 30.4. The summed E-state index contributed by atoms with van der Waals surface area (Å²) < 4.78 is 69.9. The molecule has 0 aromatic carbocycles. The normalized spacial score (nSPS) is 14.0. The van der Waals surface area contributed by atoms with Crippen molar-refractivity contribution in [1.82, 2.24) is 9.97 Å². The van der Waals surface area contributed by atoms with Crippen LogP contribution in [-0.2, 0) is 36.1 Å². The van der Waals surface area contributed by atoms with Gasteiger partial charge in [-0.05, 0) is 73.5 Å². The third-order valence-electron chi connectivity index (χ3n) is 4.80. The van der Waals surface area contributed by atoms with E-state index in [1.54, 1.807) is 26.3 Å². The van der Waals surface area contributed by atoms with E-state index >= 15 is 0 Å². The third kappa shape index (κ3) is 16.2. The van der Waals surface area contributed by atoms with Crippen LogP contribution in [0.5, 0.6) is 0 Å². The first-order chi connectivity index (χ1) is 18.0. The van der Waals surface area contributed by atoms with Crippen molar-refractivity contribution in [3.8, 4) is 12.4 Å². The van der Waals surface area contributed by atoms with E-state index in [2.05, 4.69) is 23.6 Å². The van der Waals surface area contributed by atoms with E-state index in [1.807, 2.05) is 6.92 Å². The molecule has 2 aromatic rings. The lowest BCUT2D eigenvalue weighted by atomic mass is 10.2. The van der Waals surface area contributed by atoms with Crippen molar-refractivity contribution in [1.29, 1.82) is 10.5 Å². The number of nitrogens with zero attached hydrogens (tertiary/aromatic N) is 6. The summed E-state index contributed by atoms with van der Waals surface area (Å²) in [6.07, 6.45) is 8.84. The van der Waals surface area contributed by atoms with Gasteiger partial charge in [0.2, 0.25) is 12.4 Å². The van der Waals surface area contributed by atoms with Crippen LogP contribution in [0.1, 0.15) is 68.6 Å². The van der Waals surface area contributed by atoms with Gasteiger partial charge in [0.25, 0.3) is 0 Å². The fourth-order valence-corrected chi connectivity index (χ4v) is 4.39. The molecule has 18 heteroatoms. The lowest BCUT2D eigenvalue weighted by Gasteiger charge is -2.13. The Morgan fingerprint density at radius 2 is 1.43 bits per heavy atom. The molecule has 4 unspecified atom stereocenters. The van der Waals surface area contributed by atoms with Gasteiger partial charge in [-0.25, -0.2) is 9.10 Å². The van der Waals surface area contributed by atoms with Gasteiger partial charge in [-0.3, -0.25) is 19.9 Å². The molecule has 0 saturated carbocycles. The molecule has 2 aromatic heterocycles. The number of pyridine rings is 2. The Hall–Kier alpha value is -2.47. The number of halogens is 7. The summed E-state index contributed by atoms with van der Waals surface area (Å²) in [6.45, 7) is 5.53. The molecule has 0 aliphatic carbocycles. The lowest BCUT2D eigenvalue weighted by Crippen LogP contribution is -2.10. The summed E-state index contributed by atoms with van der Waals surface area (Å²) in [5, 5.41) is 16.6. The minimum atomic E-state index is -3.54. The maximum atomic E-state index is 12.7. The number of alkyl halides is 6. The first-order valence-electron chi connectivity index (χ1n) is 10.6. The molecule has 0 saturated heterocycles. The smallest absolute Gasteiger partial charge is 0.269 e. The van der Waals surface area contributed by atoms with Gasteiger partial charge in [-0.15, -0.1) is 4.36 Å². The second-order valence-electron chi connectivity index (χ2n) is 7.42. The first-order valence-corrected chi connectivity index (χ1v) is 15.0. The Morgan fingerprint density at radius 3 is 1.71 bits per heavy atom. The van der Waals surface area contributed by atoms with Crippen molar-refractivity contribution in [2.75, 3.05) is 19.1 Å². The number of rotatable bonds is 7. The largest absolute Gasteiger partial charge is 0.364 e. The number of hydrogen-bond acceptors (Lipinski definition) is 9. The van der Waals surface area contributed by atoms with Crippen molar-refractivity contribution in [2.45, 2.75) is 56.9 Å². The topological polar surface area (TPSA) is 145 Å². The van der Waals surface area contributed by atoms with Crippen molar-refractivity contribution in [2.24, 2.45) is 8.73 Å². The Kier molecular flexibility index (Phi) is 23.5. The number of aromatic nitrogens is 2. The van der Waals surface area contributed by atoms with Gasteiger partial charge in [-0.2, -0.15) is 32.4 Å². The molecule has 0 aliphatic rings. The second-order valence-corrected chi connectivity index (χ2v) is 12.9. The van der Waals surface area contributed by atoms with Crippen molar-refractivity contribution >= 4 is 43.6 Å². The number of hydrogen-bond donors (Lipinski definition) is 1. The predicted octanol–water partition coefficient (Wildman–Crippen LogP) is 8.27. The van der Waals surface area contributed by atoms with Crippen LogP contribution in [0.3, 0.4) is 0 Å². The standard InChI is InChI=1S/C10H10ClF2N3OS.C10H10ClF2N3S.C2H6O2.2CH4.FH/c1-7(18(2,17)16-6-14)8-3-4-9(15-5-8)10(11,12)13;1-7(17(2)16-6-14)8-3-4-9(15-5-8)10(11,12)13;1-2-4-3;;;/h3-5,7H,1-2H3;3-5,7H,1-2H3;3H,2H2,1H3;2*1H4;1H. The minimum Gasteiger partial charge on any atom is -0.269 e. The number of nitriles is 2. The minimum absolute atomic E-state index is 0. The molecule has 1 N–H and O–H groups in total. The molecule has 4 atom stereocenters. The summed E-state index contributed by atoms with van der Waals surface area (Å²) in [5.74, 6) is 0. The van der Waals surface area contributed by atoms with Crippen LogP contribution in [0, 0.1) is 22.9 Å². The molecule has 0 aliphatic heterocycles. The van der Waals surface area contributed by atoms with Gasteiger partial charge in [0.05, 0.1) is 21.6 Å². The van der Waals surface area contributed by atoms with Crippen molar-refractivity contribution in [3.63, 3.8) is 0 Å². The first kappa shape index (κ1) is 46.5. The molecule has 0 spiro atoms. The van der Waals surface area contributed by atoms with Crippen molar-refractivity contribution in [3.05, 3.63) is 59.2 Å². The Morgan fingerprint density at radius 1 is 1.02 bits per heavy atom. The van der Waals surface area contributed by atoms with Crippen LogP contribution < -0.4 is 0 Å². The van der Waals surface area contributed by atoms with Gasteiger partial charge < -0.3 is 0 Å². The predicted molar refractivity (Wildman–Crippen MR) is 158 cm³/mol.